The average molecular weight is 307 g/mol. The molecule has 1 amide bonds. The van der Waals surface area contributed by atoms with E-state index in [0.717, 1.165) is 0 Å². The largest absolute Gasteiger partial charge is 0.324 e. The molecule has 1 atom stereocenters. The third-order valence-electron chi connectivity index (χ3n) is 3.16. The first-order valence-corrected chi connectivity index (χ1v) is 8.22. The highest BCUT2D eigenvalue weighted by Crippen LogP contribution is 2.16. The molecule has 7 heteroatoms. The van der Waals surface area contributed by atoms with Crippen LogP contribution in [-0.2, 0) is 14.6 Å². The second-order valence-electron chi connectivity index (χ2n) is 4.58. The highest BCUT2D eigenvalue weighted by Gasteiger charge is 2.16. The Labute approximate surface area is 123 Å². The molecule has 0 saturated heterocycles. The van der Waals surface area contributed by atoms with Crippen LogP contribution in [0.4, 0.5) is 5.69 Å². The number of aromatic nitrogens is 2. The minimum atomic E-state index is -3.22. The Bertz CT molecular complexity index is 706. The summed E-state index contributed by atoms with van der Waals surface area (Å²) in [6.45, 7) is 3.33. The third-order valence-corrected chi connectivity index (χ3v) is 4.91. The Hall–Kier alpha value is -2.15. The summed E-state index contributed by atoms with van der Waals surface area (Å²) >= 11 is 0. The van der Waals surface area contributed by atoms with E-state index in [1.54, 1.807) is 49.1 Å². The van der Waals surface area contributed by atoms with E-state index in [-0.39, 0.29) is 16.6 Å². The molecule has 1 heterocycles. The minimum absolute atomic E-state index is 0.0506. The van der Waals surface area contributed by atoms with Gasteiger partial charge in [0, 0.05) is 18.1 Å². The molecule has 2 aromatic rings. The number of rotatable bonds is 5. The lowest BCUT2D eigenvalue weighted by molar-refractivity contribution is -0.119. The van der Waals surface area contributed by atoms with Gasteiger partial charge in [-0.3, -0.25) is 9.48 Å². The summed E-state index contributed by atoms with van der Waals surface area (Å²) in [6.07, 6.45) is 3.31. The molecule has 112 valence electrons. The Balaban J connectivity index is 2.09. The van der Waals surface area contributed by atoms with Crippen molar-refractivity contribution >= 4 is 21.4 Å². The van der Waals surface area contributed by atoms with Gasteiger partial charge in [0.15, 0.2) is 9.84 Å². The van der Waals surface area contributed by atoms with Crippen LogP contribution in [-0.4, -0.2) is 29.9 Å². The van der Waals surface area contributed by atoms with Crippen molar-refractivity contribution < 1.29 is 13.2 Å². The first-order valence-electron chi connectivity index (χ1n) is 6.57. The summed E-state index contributed by atoms with van der Waals surface area (Å²) in [5, 5.41) is 6.74. The van der Waals surface area contributed by atoms with Gasteiger partial charge in [-0.25, -0.2) is 8.42 Å². The van der Waals surface area contributed by atoms with Gasteiger partial charge in [-0.1, -0.05) is 6.92 Å². The van der Waals surface area contributed by atoms with Crippen LogP contribution in [0, 0.1) is 0 Å². The van der Waals surface area contributed by atoms with Crippen LogP contribution in [0.5, 0.6) is 0 Å². The molecule has 0 aliphatic carbocycles. The molecule has 6 nitrogen and oxygen atoms in total. The molecule has 0 aliphatic heterocycles. The van der Waals surface area contributed by atoms with Crippen LogP contribution in [0.1, 0.15) is 19.9 Å². The van der Waals surface area contributed by atoms with Gasteiger partial charge >= 0.3 is 0 Å². The van der Waals surface area contributed by atoms with Gasteiger partial charge in [0.1, 0.15) is 6.04 Å². The van der Waals surface area contributed by atoms with Crippen molar-refractivity contribution in [1.82, 2.24) is 9.78 Å². The van der Waals surface area contributed by atoms with Crippen molar-refractivity contribution in [2.45, 2.75) is 24.8 Å². The zero-order chi connectivity index (χ0) is 15.5. The first kappa shape index (κ1) is 15.2. The third kappa shape index (κ3) is 3.49. The van der Waals surface area contributed by atoms with Crippen LogP contribution in [0.2, 0.25) is 0 Å². The van der Waals surface area contributed by atoms with Gasteiger partial charge in [-0.05, 0) is 37.3 Å². The quantitative estimate of drug-likeness (QED) is 0.914. The van der Waals surface area contributed by atoms with Crippen LogP contribution >= 0.6 is 0 Å². The monoisotopic (exact) mass is 307 g/mol. The molecule has 2 rings (SSSR count). The molecule has 0 aliphatic rings. The molecular weight excluding hydrogens is 290 g/mol. The van der Waals surface area contributed by atoms with Crippen LogP contribution in [0.25, 0.3) is 0 Å². The zero-order valence-electron chi connectivity index (χ0n) is 11.9. The summed E-state index contributed by atoms with van der Waals surface area (Å²) in [5.74, 6) is -0.167. The standard InChI is InChI=1S/C14H17N3O3S/c1-3-21(19,20)13-7-5-12(6-8-13)16-14(18)11(2)17-10-4-9-15-17/h4-11H,3H2,1-2H3,(H,16,18). The van der Waals surface area contributed by atoms with E-state index in [1.165, 1.54) is 12.1 Å². The van der Waals surface area contributed by atoms with Crippen molar-refractivity contribution in [1.29, 1.82) is 0 Å². The number of amides is 1. The average Bonchev–Trinajstić information content (AvgIpc) is 3.01. The van der Waals surface area contributed by atoms with E-state index >= 15 is 0 Å². The van der Waals surface area contributed by atoms with Crippen molar-refractivity contribution in [3.05, 3.63) is 42.7 Å². The maximum atomic E-state index is 12.1. The van der Waals surface area contributed by atoms with Crippen molar-refractivity contribution in [3.8, 4) is 0 Å². The normalized spacial score (nSPS) is 12.9. The lowest BCUT2D eigenvalue weighted by Gasteiger charge is -2.13. The number of hydrogen-bond donors (Lipinski definition) is 1. The molecule has 1 aromatic heterocycles. The summed E-state index contributed by atoms with van der Waals surface area (Å²) in [7, 11) is -3.22. The number of nitrogens with zero attached hydrogens (tertiary/aromatic N) is 2. The summed E-state index contributed by atoms with van der Waals surface area (Å²) < 4.78 is 24.9. The molecule has 1 N–H and O–H groups in total. The van der Waals surface area contributed by atoms with Crippen molar-refractivity contribution in [2.75, 3.05) is 11.1 Å². The smallest absolute Gasteiger partial charge is 0.248 e. The predicted molar refractivity (Wildman–Crippen MR) is 79.7 cm³/mol. The molecule has 0 spiro atoms. The topological polar surface area (TPSA) is 81.1 Å². The fourth-order valence-electron chi connectivity index (χ4n) is 1.79. The molecule has 0 radical (unpaired) electrons. The van der Waals surface area contributed by atoms with Gasteiger partial charge in [0.2, 0.25) is 5.91 Å². The predicted octanol–water partition coefficient (Wildman–Crippen LogP) is 1.88. The van der Waals surface area contributed by atoms with Gasteiger partial charge < -0.3 is 5.32 Å². The fourth-order valence-corrected chi connectivity index (χ4v) is 2.67. The van der Waals surface area contributed by atoms with Crippen molar-refractivity contribution in [3.63, 3.8) is 0 Å². The number of benzene rings is 1. The Kier molecular flexibility index (Phi) is 4.42. The number of nitrogens with one attached hydrogen (secondary N) is 1. The lowest BCUT2D eigenvalue weighted by Crippen LogP contribution is -2.23. The van der Waals surface area contributed by atoms with E-state index in [2.05, 4.69) is 10.4 Å². The number of carbonyl (C=O) groups excluding carboxylic acids is 1. The van der Waals surface area contributed by atoms with E-state index in [4.69, 9.17) is 0 Å². The summed E-state index contributed by atoms with van der Waals surface area (Å²) in [4.78, 5) is 12.3. The van der Waals surface area contributed by atoms with Gasteiger partial charge in [-0.2, -0.15) is 5.10 Å². The lowest BCUT2D eigenvalue weighted by atomic mass is 10.2. The number of carbonyl (C=O) groups is 1. The van der Waals surface area contributed by atoms with Crippen LogP contribution in [0.3, 0.4) is 0 Å². The van der Waals surface area contributed by atoms with E-state index < -0.39 is 15.9 Å². The van der Waals surface area contributed by atoms with Crippen LogP contribution < -0.4 is 5.32 Å². The first-order chi connectivity index (χ1) is 9.94. The fraction of sp³-hybridized carbons (Fsp3) is 0.286. The Morgan fingerprint density at radius 3 is 2.52 bits per heavy atom. The van der Waals surface area contributed by atoms with Gasteiger partial charge in [0.25, 0.3) is 0 Å². The minimum Gasteiger partial charge on any atom is -0.324 e. The maximum Gasteiger partial charge on any atom is 0.248 e. The summed E-state index contributed by atoms with van der Waals surface area (Å²) in [5.41, 5.74) is 0.550. The Morgan fingerprint density at radius 2 is 2.00 bits per heavy atom. The highest BCUT2D eigenvalue weighted by atomic mass is 32.2. The van der Waals surface area contributed by atoms with Crippen molar-refractivity contribution in [2.24, 2.45) is 0 Å². The van der Waals surface area contributed by atoms with E-state index in [0.29, 0.717) is 5.69 Å². The number of hydrogen-bond acceptors (Lipinski definition) is 4. The SMILES string of the molecule is CCS(=O)(=O)c1ccc(NC(=O)C(C)n2cccn2)cc1. The Morgan fingerprint density at radius 1 is 1.33 bits per heavy atom. The van der Waals surface area contributed by atoms with Crippen LogP contribution in [0.15, 0.2) is 47.6 Å². The number of anilines is 1. The molecule has 1 aromatic carbocycles. The molecule has 1 unspecified atom stereocenters. The second-order valence-corrected chi connectivity index (χ2v) is 6.86. The molecular formula is C14H17N3O3S. The molecule has 21 heavy (non-hydrogen) atoms. The summed E-state index contributed by atoms with van der Waals surface area (Å²) in [6, 6.07) is 7.44. The van der Waals surface area contributed by atoms with Gasteiger partial charge in [-0.15, -0.1) is 0 Å². The highest BCUT2D eigenvalue weighted by molar-refractivity contribution is 7.91. The molecule has 0 fully saturated rings. The zero-order valence-corrected chi connectivity index (χ0v) is 12.7. The maximum absolute atomic E-state index is 12.1. The van der Waals surface area contributed by atoms with Gasteiger partial charge in [0.05, 0.1) is 10.6 Å². The molecule has 0 bridgehead atoms. The molecule has 0 saturated carbocycles. The number of sulfone groups is 1. The van der Waals surface area contributed by atoms with E-state index in [9.17, 15) is 13.2 Å². The van der Waals surface area contributed by atoms with E-state index in [1.807, 2.05) is 0 Å². The second kappa shape index (κ2) is 6.09.